The molecule has 146 valence electrons. The Kier molecular flexibility index (Phi) is 5.88. The minimum absolute atomic E-state index is 0.0371. The van der Waals surface area contributed by atoms with Crippen LogP contribution in [0.4, 0.5) is 0 Å². The number of thioether (sulfide) groups is 1. The van der Waals surface area contributed by atoms with Crippen molar-refractivity contribution in [3.8, 4) is 0 Å². The molecule has 0 aliphatic heterocycles. The summed E-state index contributed by atoms with van der Waals surface area (Å²) in [7, 11) is 0. The minimum Gasteiger partial charge on any atom is -0.465 e. The quantitative estimate of drug-likeness (QED) is 0.254. The number of hydrogen-bond acceptors (Lipinski definition) is 9. The van der Waals surface area contributed by atoms with Gasteiger partial charge in [0.05, 0.1) is 18.7 Å². The van der Waals surface area contributed by atoms with Crippen molar-refractivity contribution in [1.82, 2.24) is 19.8 Å². The number of carbonyl (C=O) groups excluding carboxylic acids is 3. The lowest BCUT2D eigenvalue weighted by Gasteiger charge is -2.13. The van der Waals surface area contributed by atoms with Crippen LogP contribution in [0.2, 0.25) is 0 Å². The van der Waals surface area contributed by atoms with Crippen LogP contribution in [0.3, 0.4) is 0 Å². The number of para-hydroxylation sites is 1. The highest BCUT2D eigenvalue weighted by Crippen LogP contribution is 2.31. The maximum atomic E-state index is 12.2. The average Bonchev–Trinajstić information content (AvgIpc) is 3.10. The first-order chi connectivity index (χ1) is 13.5. The number of carbonyl (C=O) groups is 3. The van der Waals surface area contributed by atoms with Crippen molar-refractivity contribution in [3.05, 3.63) is 30.0 Å². The van der Waals surface area contributed by atoms with E-state index in [2.05, 4.69) is 15.3 Å². The van der Waals surface area contributed by atoms with Crippen molar-refractivity contribution in [2.24, 2.45) is 0 Å². The Hall–Kier alpha value is -3.01. The molecular formula is C18H18N4O5S. The maximum Gasteiger partial charge on any atom is 0.362 e. The molecule has 3 rings (SSSR count). The molecule has 9 nitrogen and oxygen atoms in total. The fourth-order valence-corrected chi connectivity index (χ4v) is 3.58. The van der Waals surface area contributed by atoms with Gasteiger partial charge in [0.2, 0.25) is 5.69 Å². The monoisotopic (exact) mass is 402 g/mol. The lowest BCUT2D eigenvalue weighted by Crippen LogP contribution is -2.27. The smallest absolute Gasteiger partial charge is 0.362 e. The molecule has 0 unspecified atom stereocenters. The number of benzene rings is 1. The summed E-state index contributed by atoms with van der Waals surface area (Å²) in [5, 5.41) is 7.88. The van der Waals surface area contributed by atoms with E-state index in [-0.39, 0.29) is 30.3 Å². The highest BCUT2D eigenvalue weighted by molar-refractivity contribution is 8.01. The van der Waals surface area contributed by atoms with Gasteiger partial charge in [-0.3, -0.25) is 9.59 Å². The summed E-state index contributed by atoms with van der Waals surface area (Å²) in [4.78, 5) is 40.9. The Bertz CT molecular complexity index is 1060. The number of hydrogen-bond donors (Lipinski definition) is 0. The van der Waals surface area contributed by atoms with Crippen molar-refractivity contribution < 1.29 is 23.9 Å². The molecule has 0 fully saturated rings. The molecule has 28 heavy (non-hydrogen) atoms. The summed E-state index contributed by atoms with van der Waals surface area (Å²) in [5.41, 5.74) is 0.778. The van der Waals surface area contributed by atoms with Crippen molar-refractivity contribution in [2.45, 2.75) is 31.0 Å². The average molecular weight is 402 g/mol. The Morgan fingerprint density at radius 2 is 1.86 bits per heavy atom. The summed E-state index contributed by atoms with van der Waals surface area (Å²) < 4.78 is 11.4. The predicted octanol–water partition coefficient (Wildman–Crippen LogP) is 2.07. The molecule has 3 aromatic rings. The number of nitrogens with zero attached hydrogens (tertiary/aromatic N) is 4. The van der Waals surface area contributed by atoms with Crippen molar-refractivity contribution >= 4 is 46.0 Å². The van der Waals surface area contributed by atoms with E-state index in [1.165, 1.54) is 11.4 Å². The van der Waals surface area contributed by atoms with Gasteiger partial charge in [0.1, 0.15) is 5.03 Å². The van der Waals surface area contributed by atoms with Crippen LogP contribution in [0.25, 0.3) is 16.6 Å². The second-order valence-corrected chi connectivity index (χ2v) is 6.78. The lowest BCUT2D eigenvalue weighted by molar-refractivity contribution is -0.144. The normalized spacial score (nSPS) is 12.1. The van der Waals surface area contributed by atoms with E-state index in [1.54, 1.807) is 38.1 Å². The molecule has 2 heterocycles. The second-order valence-electron chi connectivity index (χ2n) is 5.69. The summed E-state index contributed by atoms with van der Waals surface area (Å²) >= 11 is 0.970. The first kappa shape index (κ1) is 19.7. The molecule has 0 saturated carbocycles. The van der Waals surface area contributed by atoms with Crippen LogP contribution < -0.4 is 0 Å². The molecule has 1 atom stereocenters. The molecule has 1 aromatic carbocycles. The minimum atomic E-state index is -1.07. The van der Waals surface area contributed by atoms with E-state index >= 15 is 0 Å². The number of Topliss-reactive ketones (excluding diaryl/α,β-unsaturated/α-hetero) is 1. The Labute approximate surface area is 164 Å². The SMILES string of the molecule is CCOC(=O)c1nnn2c1nc(S[C@@H](C(C)=O)C(=O)OCC)c1ccccc12. The van der Waals surface area contributed by atoms with Gasteiger partial charge in [-0.1, -0.05) is 35.2 Å². The van der Waals surface area contributed by atoms with E-state index in [0.717, 1.165) is 11.8 Å². The van der Waals surface area contributed by atoms with E-state index in [4.69, 9.17) is 9.47 Å². The summed E-state index contributed by atoms with van der Waals surface area (Å²) in [6, 6.07) is 7.18. The molecule has 0 aliphatic rings. The second kappa shape index (κ2) is 8.34. The van der Waals surface area contributed by atoms with Crippen LogP contribution in [0.1, 0.15) is 31.3 Å². The Balaban J connectivity index is 2.17. The fraction of sp³-hybridized carbons (Fsp3) is 0.333. The van der Waals surface area contributed by atoms with Gasteiger partial charge in [-0.15, -0.1) is 5.10 Å². The van der Waals surface area contributed by atoms with Crippen molar-refractivity contribution in [1.29, 1.82) is 0 Å². The highest BCUT2D eigenvalue weighted by atomic mass is 32.2. The van der Waals surface area contributed by atoms with Crippen LogP contribution >= 0.6 is 11.8 Å². The van der Waals surface area contributed by atoms with E-state index in [0.29, 0.717) is 15.9 Å². The molecule has 0 radical (unpaired) electrons. The van der Waals surface area contributed by atoms with E-state index < -0.39 is 17.2 Å². The van der Waals surface area contributed by atoms with Gasteiger partial charge in [-0.25, -0.2) is 9.78 Å². The molecule has 0 saturated heterocycles. The number of aromatic nitrogens is 4. The maximum absolute atomic E-state index is 12.2. The summed E-state index contributed by atoms with van der Waals surface area (Å²) in [6.07, 6.45) is 0. The van der Waals surface area contributed by atoms with Gasteiger partial charge in [0, 0.05) is 5.39 Å². The third-order valence-corrected chi connectivity index (χ3v) is 5.08. The first-order valence-electron chi connectivity index (χ1n) is 8.62. The molecular weight excluding hydrogens is 384 g/mol. The van der Waals surface area contributed by atoms with Crippen LogP contribution in [0.5, 0.6) is 0 Å². The first-order valence-corrected chi connectivity index (χ1v) is 9.50. The van der Waals surface area contributed by atoms with Crippen LogP contribution in [-0.2, 0) is 19.1 Å². The Morgan fingerprint density at radius 1 is 1.14 bits per heavy atom. The zero-order valence-corrected chi connectivity index (χ0v) is 16.4. The van der Waals surface area contributed by atoms with Gasteiger partial charge >= 0.3 is 11.9 Å². The van der Waals surface area contributed by atoms with Gasteiger partial charge in [-0.05, 0) is 26.8 Å². The highest BCUT2D eigenvalue weighted by Gasteiger charge is 2.29. The van der Waals surface area contributed by atoms with Gasteiger partial charge in [-0.2, -0.15) is 4.52 Å². The molecule has 0 N–H and O–H groups in total. The van der Waals surface area contributed by atoms with Crippen molar-refractivity contribution in [3.63, 3.8) is 0 Å². The Morgan fingerprint density at radius 3 is 2.54 bits per heavy atom. The summed E-state index contributed by atoms with van der Waals surface area (Å²) in [6.45, 7) is 5.02. The molecule has 0 spiro atoms. The van der Waals surface area contributed by atoms with Crippen LogP contribution in [0.15, 0.2) is 29.3 Å². The number of rotatable bonds is 7. The van der Waals surface area contributed by atoms with Crippen LogP contribution in [0, 0.1) is 0 Å². The standard InChI is InChI=1S/C18H18N4O5S/c1-4-26-17(24)13-15-19-16(28-14(10(3)23)18(25)27-5-2)11-8-6-7-9-12(11)22(15)21-20-13/h6-9,14H,4-5H2,1-3H3/t14-/m0/s1. The lowest BCUT2D eigenvalue weighted by atomic mass is 10.2. The fourth-order valence-electron chi connectivity index (χ4n) is 2.58. The van der Waals surface area contributed by atoms with Gasteiger partial charge in [0.25, 0.3) is 0 Å². The topological polar surface area (TPSA) is 113 Å². The largest absolute Gasteiger partial charge is 0.465 e. The summed E-state index contributed by atoms with van der Waals surface area (Å²) in [5.74, 6) is -1.64. The van der Waals surface area contributed by atoms with E-state index in [1.807, 2.05) is 0 Å². The van der Waals surface area contributed by atoms with Gasteiger partial charge < -0.3 is 9.47 Å². The predicted molar refractivity (Wildman–Crippen MR) is 101 cm³/mol. The molecule has 0 bridgehead atoms. The zero-order chi connectivity index (χ0) is 20.3. The van der Waals surface area contributed by atoms with Crippen molar-refractivity contribution in [2.75, 3.05) is 13.2 Å². The third kappa shape index (κ3) is 3.68. The molecule has 0 amide bonds. The number of ketones is 1. The number of fused-ring (bicyclic) bond motifs is 3. The zero-order valence-electron chi connectivity index (χ0n) is 15.5. The number of esters is 2. The molecule has 10 heteroatoms. The third-order valence-electron chi connectivity index (χ3n) is 3.78. The molecule has 2 aromatic heterocycles. The number of ether oxygens (including phenoxy) is 2. The molecule has 0 aliphatic carbocycles. The van der Waals surface area contributed by atoms with E-state index in [9.17, 15) is 14.4 Å². The van der Waals surface area contributed by atoms with Gasteiger partial charge in [0.15, 0.2) is 16.7 Å². The van der Waals surface area contributed by atoms with Crippen LogP contribution in [-0.4, -0.2) is 56.0 Å².